The van der Waals surface area contributed by atoms with Gasteiger partial charge in [0.15, 0.2) is 0 Å². The maximum atomic E-state index is 5.98. The molecule has 1 heterocycles. The molecule has 1 unspecified atom stereocenters. The Labute approximate surface area is 119 Å². The number of benzene rings is 1. The van der Waals surface area contributed by atoms with Crippen LogP contribution in [0.15, 0.2) is 18.2 Å². The Balaban J connectivity index is 1.31. The van der Waals surface area contributed by atoms with Crippen LogP contribution in [0.5, 0.6) is 5.75 Å². The fourth-order valence-electron chi connectivity index (χ4n) is 2.34. The van der Waals surface area contributed by atoms with Crippen molar-refractivity contribution < 1.29 is 9.47 Å². The Morgan fingerprint density at radius 2 is 2.26 bits per heavy atom. The summed E-state index contributed by atoms with van der Waals surface area (Å²) >= 11 is 5.98. The number of ether oxygens (including phenoxy) is 2. The van der Waals surface area contributed by atoms with Crippen molar-refractivity contribution in [3.63, 3.8) is 0 Å². The summed E-state index contributed by atoms with van der Waals surface area (Å²) in [6.07, 6.45) is 3.86. The normalized spacial score (nSPS) is 21.2. The van der Waals surface area contributed by atoms with Gasteiger partial charge in [0.25, 0.3) is 0 Å². The SMILES string of the molecule is Clc1ccc2c(c1)CC(CNCCOCC1CC1)O2. The maximum Gasteiger partial charge on any atom is 0.123 e. The van der Waals surface area contributed by atoms with E-state index >= 15 is 0 Å². The summed E-state index contributed by atoms with van der Waals surface area (Å²) in [4.78, 5) is 0. The molecule has 0 aromatic heterocycles. The summed E-state index contributed by atoms with van der Waals surface area (Å²) < 4.78 is 11.4. The second-order valence-corrected chi connectivity index (χ2v) is 5.85. The molecule has 0 bridgehead atoms. The van der Waals surface area contributed by atoms with Gasteiger partial charge >= 0.3 is 0 Å². The summed E-state index contributed by atoms with van der Waals surface area (Å²) in [6, 6.07) is 5.83. The summed E-state index contributed by atoms with van der Waals surface area (Å²) in [6.45, 7) is 3.48. The molecule has 1 saturated carbocycles. The zero-order chi connectivity index (χ0) is 13.1. The summed E-state index contributed by atoms with van der Waals surface area (Å²) in [5, 5.41) is 4.17. The van der Waals surface area contributed by atoms with Gasteiger partial charge < -0.3 is 14.8 Å². The van der Waals surface area contributed by atoms with Crippen LogP contribution in [0.4, 0.5) is 0 Å². The Hall–Kier alpha value is -0.770. The Morgan fingerprint density at radius 1 is 1.37 bits per heavy atom. The first-order valence-electron chi connectivity index (χ1n) is 7.05. The predicted octanol–water partition coefficient (Wildman–Crippen LogP) is 2.66. The zero-order valence-corrected chi connectivity index (χ0v) is 11.8. The number of fused-ring (bicyclic) bond motifs is 1. The van der Waals surface area contributed by atoms with Crippen LogP contribution in [0.2, 0.25) is 5.02 Å². The van der Waals surface area contributed by atoms with Crippen LogP contribution in [0.1, 0.15) is 18.4 Å². The number of halogens is 1. The van der Waals surface area contributed by atoms with Gasteiger partial charge in [-0.2, -0.15) is 0 Å². The molecule has 3 rings (SSSR count). The molecule has 1 fully saturated rings. The number of hydrogen-bond acceptors (Lipinski definition) is 3. The van der Waals surface area contributed by atoms with Crippen LogP contribution >= 0.6 is 11.6 Å². The molecule has 4 heteroatoms. The minimum absolute atomic E-state index is 0.219. The molecular weight excluding hydrogens is 262 g/mol. The van der Waals surface area contributed by atoms with Crippen LogP contribution in [-0.2, 0) is 11.2 Å². The summed E-state index contributed by atoms with van der Waals surface area (Å²) in [5.41, 5.74) is 1.21. The Kier molecular flexibility index (Phi) is 4.26. The molecule has 0 saturated heterocycles. The quantitative estimate of drug-likeness (QED) is 0.780. The smallest absolute Gasteiger partial charge is 0.123 e. The van der Waals surface area contributed by atoms with E-state index in [0.29, 0.717) is 0 Å². The topological polar surface area (TPSA) is 30.5 Å². The van der Waals surface area contributed by atoms with Gasteiger partial charge in [-0.3, -0.25) is 0 Å². The molecule has 0 amide bonds. The summed E-state index contributed by atoms with van der Waals surface area (Å²) in [5.74, 6) is 1.82. The van der Waals surface area contributed by atoms with E-state index in [9.17, 15) is 0 Å². The Bertz CT molecular complexity index is 434. The fourth-order valence-corrected chi connectivity index (χ4v) is 2.54. The summed E-state index contributed by atoms with van der Waals surface area (Å²) in [7, 11) is 0. The van der Waals surface area contributed by atoms with Crippen molar-refractivity contribution >= 4 is 11.6 Å². The first-order chi connectivity index (χ1) is 9.31. The highest BCUT2D eigenvalue weighted by atomic mass is 35.5. The van der Waals surface area contributed by atoms with E-state index in [2.05, 4.69) is 5.32 Å². The highest BCUT2D eigenvalue weighted by molar-refractivity contribution is 6.30. The van der Waals surface area contributed by atoms with Crippen molar-refractivity contribution in [2.24, 2.45) is 5.92 Å². The van der Waals surface area contributed by atoms with Gasteiger partial charge in [-0.25, -0.2) is 0 Å². The largest absolute Gasteiger partial charge is 0.488 e. The third-order valence-electron chi connectivity index (χ3n) is 3.61. The van der Waals surface area contributed by atoms with Crippen molar-refractivity contribution in [2.75, 3.05) is 26.3 Å². The average Bonchev–Trinajstić information content (AvgIpc) is 3.13. The van der Waals surface area contributed by atoms with Crippen LogP contribution in [0.25, 0.3) is 0 Å². The van der Waals surface area contributed by atoms with Crippen molar-refractivity contribution in [2.45, 2.75) is 25.4 Å². The molecule has 1 aromatic rings. The van der Waals surface area contributed by atoms with E-state index in [1.165, 1.54) is 18.4 Å². The lowest BCUT2D eigenvalue weighted by atomic mass is 10.1. The van der Waals surface area contributed by atoms with Gasteiger partial charge in [0.05, 0.1) is 6.61 Å². The molecule has 0 radical (unpaired) electrons. The molecule has 1 N–H and O–H groups in total. The second-order valence-electron chi connectivity index (χ2n) is 5.42. The first-order valence-corrected chi connectivity index (χ1v) is 7.42. The number of hydrogen-bond donors (Lipinski definition) is 1. The van der Waals surface area contributed by atoms with Gasteiger partial charge in [-0.15, -0.1) is 0 Å². The number of nitrogens with one attached hydrogen (secondary N) is 1. The lowest BCUT2D eigenvalue weighted by Crippen LogP contribution is -2.32. The maximum absolute atomic E-state index is 5.98. The van der Waals surface area contributed by atoms with Crippen LogP contribution in [0, 0.1) is 5.92 Å². The van der Waals surface area contributed by atoms with Crippen molar-refractivity contribution in [1.82, 2.24) is 5.32 Å². The van der Waals surface area contributed by atoms with E-state index in [1.807, 2.05) is 18.2 Å². The third kappa shape index (κ3) is 3.85. The highest BCUT2D eigenvalue weighted by Crippen LogP contribution is 2.30. The minimum atomic E-state index is 0.219. The minimum Gasteiger partial charge on any atom is -0.488 e. The standard InChI is InChI=1S/C15H20ClNO2/c16-13-3-4-15-12(7-13)8-14(19-15)9-17-5-6-18-10-11-1-2-11/h3-4,7,11,14,17H,1-2,5-6,8-10H2. The molecule has 19 heavy (non-hydrogen) atoms. The van der Waals surface area contributed by atoms with Crippen LogP contribution in [0.3, 0.4) is 0 Å². The molecule has 1 atom stereocenters. The first kappa shape index (κ1) is 13.2. The van der Waals surface area contributed by atoms with Crippen LogP contribution < -0.4 is 10.1 Å². The molecule has 1 aliphatic carbocycles. The second kappa shape index (κ2) is 6.12. The molecule has 3 nitrogen and oxygen atoms in total. The van der Waals surface area contributed by atoms with E-state index in [-0.39, 0.29) is 6.10 Å². The molecule has 0 spiro atoms. The number of rotatable bonds is 7. The lowest BCUT2D eigenvalue weighted by molar-refractivity contribution is 0.123. The highest BCUT2D eigenvalue weighted by Gasteiger charge is 2.23. The molecule has 2 aliphatic rings. The lowest BCUT2D eigenvalue weighted by Gasteiger charge is -2.11. The molecule has 104 valence electrons. The zero-order valence-electron chi connectivity index (χ0n) is 11.0. The van der Waals surface area contributed by atoms with Crippen molar-refractivity contribution in [3.8, 4) is 5.75 Å². The molecular formula is C15H20ClNO2. The van der Waals surface area contributed by atoms with Crippen molar-refractivity contribution in [1.29, 1.82) is 0 Å². The van der Waals surface area contributed by atoms with Gasteiger partial charge in [0, 0.05) is 31.1 Å². The van der Waals surface area contributed by atoms with Crippen molar-refractivity contribution in [3.05, 3.63) is 28.8 Å². The van der Waals surface area contributed by atoms with E-state index < -0.39 is 0 Å². The van der Waals surface area contributed by atoms with E-state index in [0.717, 1.165) is 49.4 Å². The molecule has 1 aromatic carbocycles. The van der Waals surface area contributed by atoms with Gasteiger partial charge in [0.2, 0.25) is 0 Å². The van der Waals surface area contributed by atoms with Gasteiger partial charge in [-0.05, 0) is 42.5 Å². The Morgan fingerprint density at radius 3 is 3.11 bits per heavy atom. The third-order valence-corrected chi connectivity index (χ3v) is 3.84. The fraction of sp³-hybridized carbons (Fsp3) is 0.600. The predicted molar refractivity (Wildman–Crippen MR) is 76.0 cm³/mol. The molecule has 1 aliphatic heterocycles. The van der Waals surface area contributed by atoms with Gasteiger partial charge in [-0.1, -0.05) is 11.6 Å². The monoisotopic (exact) mass is 281 g/mol. The van der Waals surface area contributed by atoms with E-state index in [1.54, 1.807) is 0 Å². The van der Waals surface area contributed by atoms with E-state index in [4.69, 9.17) is 21.1 Å². The van der Waals surface area contributed by atoms with Gasteiger partial charge in [0.1, 0.15) is 11.9 Å². The van der Waals surface area contributed by atoms with Crippen LogP contribution in [-0.4, -0.2) is 32.4 Å². The average molecular weight is 282 g/mol.